The van der Waals surface area contributed by atoms with Crippen molar-refractivity contribution in [2.75, 3.05) is 14.1 Å². The van der Waals surface area contributed by atoms with Crippen LogP contribution in [-0.4, -0.2) is 25.2 Å². The summed E-state index contributed by atoms with van der Waals surface area (Å²) in [4.78, 5) is 0. The fourth-order valence-corrected chi connectivity index (χ4v) is 2.75. The van der Waals surface area contributed by atoms with Gasteiger partial charge in [-0.2, -0.15) is 0 Å². The van der Waals surface area contributed by atoms with Crippen LogP contribution in [0.3, 0.4) is 0 Å². The molecule has 0 aromatic heterocycles. The summed E-state index contributed by atoms with van der Waals surface area (Å²) in [5.41, 5.74) is 6.79. The van der Waals surface area contributed by atoms with Crippen LogP contribution in [-0.2, 0) is 19.5 Å². The number of rotatable bonds is 2. The molecule has 1 saturated carbocycles. The van der Waals surface area contributed by atoms with Gasteiger partial charge in [-0.05, 0) is 54.8 Å². The van der Waals surface area contributed by atoms with Crippen molar-refractivity contribution in [1.29, 1.82) is 0 Å². The molecule has 6 nitrogen and oxygen atoms in total. The van der Waals surface area contributed by atoms with E-state index in [4.69, 9.17) is 0 Å². The van der Waals surface area contributed by atoms with E-state index in [9.17, 15) is 0 Å². The summed E-state index contributed by atoms with van der Waals surface area (Å²) in [6.07, 6.45) is 0. The van der Waals surface area contributed by atoms with Crippen LogP contribution in [0.1, 0.15) is 76.2 Å². The van der Waals surface area contributed by atoms with Crippen molar-refractivity contribution in [3.63, 3.8) is 0 Å². The van der Waals surface area contributed by atoms with Crippen LogP contribution in [0.2, 0.25) is 0 Å². The van der Waals surface area contributed by atoms with Crippen molar-refractivity contribution in [3.05, 3.63) is 18.3 Å². The zero-order valence-corrected chi connectivity index (χ0v) is 23.7. The molecule has 8 heteroatoms. The van der Waals surface area contributed by atoms with Gasteiger partial charge in [0.1, 0.15) is 0 Å². The summed E-state index contributed by atoms with van der Waals surface area (Å²) in [6, 6.07) is 0. The molecule has 0 amide bonds. The number of hydrogen-bond donors (Lipinski definition) is 0. The Bertz CT molecular complexity index is 350. The van der Waals surface area contributed by atoms with E-state index in [0.717, 1.165) is 29.6 Å². The van der Waals surface area contributed by atoms with Gasteiger partial charge in [0, 0.05) is 0 Å². The predicted octanol–water partition coefficient (Wildman–Crippen LogP) is 4.94. The van der Waals surface area contributed by atoms with Crippen molar-refractivity contribution in [2.45, 2.75) is 87.2 Å². The van der Waals surface area contributed by atoms with Gasteiger partial charge in [-0.25, -0.2) is 0 Å². The smallest absolute Gasteiger partial charge is 0.386 e. The van der Waals surface area contributed by atoms with Crippen LogP contribution in [0.5, 0.6) is 0 Å². The van der Waals surface area contributed by atoms with Crippen molar-refractivity contribution in [1.82, 2.24) is 0 Å². The van der Waals surface area contributed by atoms with E-state index >= 15 is 0 Å². The SMILES string of the molecule is CC1C(C)C(C)C(C)C1C.C[N-]N=NC(C)(C)C.C[N-]N=NC(C)(C)C.[CH3-].[Li+].[Ru+2]. The molecule has 0 N–H and O–H groups in total. The molecule has 1 aliphatic rings. The van der Waals surface area contributed by atoms with Gasteiger partial charge in [-0.1, -0.05) is 76.2 Å². The summed E-state index contributed by atoms with van der Waals surface area (Å²) in [6.45, 7) is 23.8. The Kier molecular flexibility index (Phi) is 25.6. The second-order valence-electron chi connectivity index (χ2n) is 9.42. The molecule has 1 rings (SSSR count). The zero-order valence-electron chi connectivity index (χ0n) is 21.9. The van der Waals surface area contributed by atoms with Gasteiger partial charge < -0.3 is 28.5 Å². The Morgan fingerprint density at radius 3 is 0.793 bits per heavy atom. The monoisotopic (exact) mass is 492 g/mol. The van der Waals surface area contributed by atoms with Crippen LogP contribution in [0.15, 0.2) is 20.7 Å². The molecule has 0 spiro atoms. The molecule has 0 radical (unpaired) electrons. The average molecular weight is 492 g/mol. The van der Waals surface area contributed by atoms with E-state index in [2.05, 4.69) is 66.1 Å². The van der Waals surface area contributed by atoms with Crippen molar-refractivity contribution >= 4 is 0 Å². The quantitative estimate of drug-likeness (QED) is 0.227. The normalized spacial score (nSPS) is 26.0. The molecule has 0 bridgehead atoms. The third-order valence-electron chi connectivity index (χ3n) is 5.02. The third-order valence-corrected chi connectivity index (χ3v) is 5.02. The minimum Gasteiger partial charge on any atom is -0.386 e. The third kappa shape index (κ3) is 21.1. The summed E-state index contributed by atoms with van der Waals surface area (Å²) in [5, 5.41) is 14.7. The first-order valence-electron chi connectivity index (χ1n) is 9.70. The maximum atomic E-state index is 3.83. The van der Waals surface area contributed by atoms with E-state index in [0.29, 0.717) is 0 Å². The van der Waals surface area contributed by atoms with Crippen LogP contribution < -0.4 is 18.9 Å². The molecule has 170 valence electrons. The van der Waals surface area contributed by atoms with Gasteiger partial charge in [-0.3, -0.25) is 10.4 Å². The maximum absolute atomic E-state index is 3.83. The van der Waals surface area contributed by atoms with Gasteiger partial charge in [0.15, 0.2) is 0 Å². The Balaban J connectivity index is -0.0000000954. The van der Waals surface area contributed by atoms with Crippen molar-refractivity contribution < 1.29 is 38.3 Å². The minimum absolute atomic E-state index is 0. The molecule has 1 fully saturated rings. The van der Waals surface area contributed by atoms with Crippen LogP contribution in [0, 0.1) is 37.0 Å². The van der Waals surface area contributed by atoms with Gasteiger partial charge in [0.2, 0.25) is 0 Å². The molecular formula is C21H47LiN6Ru. The first-order chi connectivity index (χ1) is 11.7. The van der Waals surface area contributed by atoms with Crippen LogP contribution in [0.25, 0.3) is 10.9 Å². The van der Waals surface area contributed by atoms with E-state index in [1.807, 2.05) is 41.5 Å². The van der Waals surface area contributed by atoms with Gasteiger partial charge in [-0.15, -0.1) is 0 Å². The molecule has 0 aromatic carbocycles. The maximum Gasteiger partial charge on any atom is 2.00 e. The number of hydrogen-bond acceptors (Lipinski definition) is 4. The van der Waals surface area contributed by atoms with Gasteiger partial charge in [0.05, 0.1) is 0 Å². The molecule has 0 aromatic rings. The van der Waals surface area contributed by atoms with E-state index in [1.165, 1.54) is 0 Å². The standard InChI is InChI=1S/C10H20.2C5H12N3.CH3.Li.Ru/c1-6-7(2)9(4)10(5)8(6)3;2*1-5(2,3)7-8-6-4;;;/h6-10H,1-5H3;2*1-4H3;1H3;;/q;3*-1;+1;+2. The number of nitrogens with zero attached hydrogens (tertiary/aromatic N) is 6. The van der Waals surface area contributed by atoms with E-state index < -0.39 is 0 Å². The summed E-state index contributed by atoms with van der Waals surface area (Å²) < 4.78 is 0. The van der Waals surface area contributed by atoms with E-state index in [-0.39, 0.29) is 56.8 Å². The predicted molar refractivity (Wildman–Crippen MR) is 120 cm³/mol. The second kappa shape index (κ2) is 18.8. The molecule has 0 atom stereocenters. The molecular weight excluding hydrogens is 444 g/mol. The molecule has 29 heavy (non-hydrogen) atoms. The van der Waals surface area contributed by atoms with Gasteiger partial charge in [0.25, 0.3) is 0 Å². The Labute approximate surface area is 207 Å². The van der Waals surface area contributed by atoms with Gasteiger partial charge >= 0.3 is 38.3 Å². The summed E-state index contributed by atoms with van der Waals surface area (Å²) >= 11 is 0. The van der Waals surface area contributed by atoms with Crippen LogP contribution in [0.4, 0.5) is 0 Å². The Morgan fingerprint density at radius 1 is 0.552 bits per heavy atom. The Morgan fingerprint density at radius 2 is 0.724 bits per heavy atom. The summed E-state index contributed by atoms with van der Waals surface area (Å²) in [5.74, 6) is 4.68. The van der Waals surface area contributed by atoms with Crippen LogP contribution >= 0.6 is 0 Å². The molecule has 0 unspecified atom stereocenters. The first kappa shape index (κ1) is 39.5. The minimum atomic E-state index is -0.0838. The first-order valence-corrected chi connectivity index (χ1v) is 9.70. The largest absolute Gasteiger partial charge is 2.00 e. The molecule has 0 heterocycles. The average Bonchev–Trinajstić information content (AvgIpc) is 2.69. The fraction of sp³-hybridized carbons (Fsp3) is 0.952. The van der Waals surface area contributed by atoms with E-state index in [1.54, 1.807) is 14.1 Å². The second-order valence-corrected chi connectivity index (χ2v) is 9.42. The molecule has 0 saturated heterocycles. The fourth-order valence-electron chi connectivity index (χ4n) is 2.75. The Hall–Kier alpha value is 0.0208. The summed E-state index contributed by atoms with van der Waals surface area (Å²) in [7, 11) is 3.21. The zero-order chi connectivity index (χ0) is 21.1. The van der Waals surface area contributed by atoms with Crippen molar-refractivity contribution in [2.24, 2.45) is 50.3 Å². The van der Waals surface area contributed by atoms with Crippen molar-refractivity contribution in [3.8, 4) is 0 Å². The molecule has 0 aliphatic heterocycles. The topological polar surface area (TPSA) is 77.6 Å². The molecule has 1 aliphatic carbocycles.